The van der Waals surface area contributed by atoms with Crippen LogP contribution in [0.3, 0.4) is 0 Å². The minimum atomic E-state index is 0.0168. The predicted molar refractivity (Wildman–Crippen MR) is 95.9 cm³/mol. The minimum Gasteiger partial charge on any atom is -0.336 e. The van der Waals surface area contributed by atoms with E-state index < -0.39 is 0 Å². The van der Waals surface area contributed by atoms with E-state index in [9.17, 15) is 4.79 Å². The van der Waals surface area contributed by atoms with Gasteiger partial charge in [-0.05, 0) is 24.5 Å². The fourth-order valence-electron chi connectivity index (χ4n) is 3.74. The lowest BCUT2D eigenvalue weighted by Crippen LogP contribution is -2.32. The minimum absolute atomic E-state index is 0.0168. The first kappa shape index (κ1) is 16.3. The number of hydrogen-bond donors (Lipinski definition) is 1. The molecule has 0 saturated carbocycles. The fourth-order valence-corrected chi connectivity index (χ4v) is 3.74. The van der Waals surface area contributed by atoms with Crippen molar-refractivity contribution in [2.24, 2.45) is 5.73 Å². The van der Waals surface area contributed by atoms with Crippen LogP contribution in [0.5, 0.6) is 0 Å². The highest BCUT2D eigenvalue weighted by atomic mass is 16.2. The molecule has 2 aliphatic heterocycles. The molecule has 0 radical (unpaired) electrons. The van der Waals surface area contributed by atoms with Crippen LogP contribution in [0.2, 0.25) is 0 Å². The lowest BCUT2D eigenvalue weighted by Gasteiger charge is -2.19. The number of hydrogen-bond acceptors (Lipinski definition) is 4. The molecule has 132 valence electrons. The lowest BCUT2D eigenvalue weighted by molar-refractivity contribution is 0.0784. The normalized spacial score (nSPS) is 21.2. The summed E-state index contributed by atoms with van der Waals surface area (Å²) < 4.78 is 2.01. The topological polar surface area (TPSA) is 67.4 Å². The number of aromatic nitrogens is 2. The standard InChI is InChI=1S/C19H25N5O/c20-16-7-10-23(13-16)19(25)18-11-17-14-22(8-4-9-24(17)21-18)12-15-5-2-1-3-6-15/h1-3,5-6,11,16H,4,7-10,12-14,20H2. The largest absolute Gasteiger partial charge is 0.336 e. The first-order valence-electron chi connectivity index (χ1n) is 9.07. The summed E-state index contributed by atoms with van der Waals surface area (Å²) in [7, 11) is 0. The van der Waals surface area contributed by atoms with Crippen molar-refractivity contribution in [3.63, 3.8) is 0 Å². The molecule has 0 bridgehead atoms. The molecule has 1 saturated heterocycles. The molecular formula is C19H25N5O. The van der Waals surface area contributed by atoms with Crippen molar-refractivity contribution in [2.45, 2.75) is 38.5 Å². The van der Waals surface area contributed by atoms with Crippen molar-refractivity contribution >= 4 is 5.91 Å². The van der Waals surface area contributed by atoms with Crippen LogP contribution < -0.4 is 5.73 Å². The molecule has 2 N–H and O–H groups in total. The maximum atomic E-state index is 12.6. The van der Waals surface area contributed by atoms with Crippen LogP contribution in [0.25, 0.3) is 0 Å². The predicted octanol–water partition coefficient (Wildman–Crippen LogP) is 1.46. The highest BCUT2D eigenvalue weighted by Crippen LogP contribution is 2.18. The number of nitrogens with zero attached hydrogens (tertiary/aromatic N) is 4. The number of amides is 1. The van der Waals surface area contributed by atoms with Gasteiger partial charge < -0.3 is 10.6 Å². The van der Waals surface area contributed by atoms with E-state index in [1.165, 1.54) is 5.56 Å². The molecule has 1 atom stereocenters. The highest BCUT2D eigenvalue weighted by molar-refractivity contribution is 5.92. The summed E-state index contributed by atoms with van der Waals surface area (Å²) in [6.45, 7) is 5.05. The highest BCUT2D eigenvalue weighted by Gasteiger charge is 2.27. The van der Waals surface area contributed by atoms with Gasteiger partial charge in [0.25, 0.3) is 5.91 Å². The zero-order chi connectivity index (χ0) is 17.2. The Labute approximate surface area is 148 Å². The van der Waals surface area contributed by atoms with Gasteiger partial charge in [-0.25, -0.2) is 0 Å². The molecule has 2 aliphatic rings. The van der Waals surface area contributed by atoms with Crippen molar-refractivity contribution in [1.82, 2.24) is 19.6 Å². The number of nitrogens with two attached hydrogens (primary N) is 1. The molecule has 3 heterocycles. The summed E-state index contributed by atoms with van der Waals surface area (Å²) >= 11 is 0. The third-order valence-corrected chi connectivity index (χ3v) is 5.07. The van der Waals surface area contributed by atoms with Crippen molar-refractivity contribution in [3.05, 3.63) is 53.3 Å². The summed E-state index contributed by atoms with van der Waals surface area (Å²) in [5.41, 5.74) is 8.93. The van der Waals surface area contributed by atoms with Crippen LogP contribution in [0.4, 0.5) is 0 Å². The zero-order valence-corrected chi connectivity index (χ0v) is 14.5. The number of carbonyl (C=O) groups excluding carboxylic acids is 1. The third kappa shape index (κ3) is 3.60. The number of aryl methyl sites for hydroxylation is 1. The van der Waals surface area contributed by atoms with Crippen LogP contribution in [0, 0.1) is 0 Å². The van der Waals surface area contributed by atoms with Gasteiger partial charge in [0.1, 0.15) is 0 Å². The Morgan fingerprint density at radius 3 is 2.80 bits per heavy atom. The Morgan fingerprint density at radius 1 is 1.20 bits per heavy atom. The van der Waals surface area contributed by atoms with Gasteiger partial charge in [-0.1, -0.05) is 30.3 Å². The molecule has 2 aromatic rings. The van der Waals surface area contributed by atoms with Crippen LogP contribution in [0.15, 0.2) is 36.4 Å². The molecular weight excluding hydrogens is 314 g/mol. The molecule has 0 aliphatic carbocycles. The zero-order valence-electron chi connectivity index (χ0n) is 14.5. The number of carbonyl (C=O) groups is 1. The van der Waals surface area contributed by atoms with Crippen LogP contribution in [0.1, 0.15) is 34.6 Å². The summed E-state index contributed by atoms with van der Waals surface area (Å²) in [5, 5.41) is 4.58. The van der Waals surface area contributed by atoms with Crippen LogP contribution >= 0.6 is 0 Å². The Kier molecular flexibility index (Phi) is 4.55. The molecule has 1 aromatic heterocycles. The van der Waals surface area contributed by atoms with Gasteiger partial charge in [-0.2, -0.15) is 5.10 Å². The second-order valence-electron chi connectivity index (χ2n) is 7.09. The number of fused-ring (bicyclic) bond motifs is 1. The summed E-state index contributed by atoms with van der Waals surface area (Å²) in [4.78, 5) is 16.9. The number of rotatable bonds is 3. The maximum Gasteiger partial charge on any atom is 0.274 e. The van der Waals surface area contributed by atoms with Gasteiger partial charge in [0, 0.05) is 45.3 Å². The summed E-state index contributed by atoms with van der Waals surface area (Å²) in [6.07, 6.45) is 1.92. The van der Waals surface area contributed by atoms with E-state index in [0.29, 0.717) is 12.2 Å². The molecule has 4 rings (SSSR count). The molecule has 1 unspecified atom stereocenters. The van der Waals surface area contributed by atoms with E-state index in [2.05, 4.69) is 34.3 Å². The second-order valence-corrected chi connectivity index (χ2v) is 7.09. The number of likely N-dealkylation sites (tertiary alicyclic amines) is 1. The average molecular weight is 339 g/mol. The van der Waals surface area contributed by atoms with Gasteiger partial charge >= 0.3 is 0 Å². The van der Waals surface area contributed by atoms with Crippen LogP contribution in [-0.4, -0.2) is 51.2 Å². The summed E-state index contributed by atoms with van der Waals surface area (Å²) in [6, 6.07) is 12.6. The Hall–Kier alpha value is -2.18. The van der Waals surface area contributed by atoms with Crippen molar-refractivity contribution < 1.29 is 4.79 Å². The maximum absolute atomic E-state index is 12.6. The Balaban J connectivity index is 1.48. The Morgan fingerprint density at radius 2 is 2.04 bits per heavy atom. The molecule has 6 heteroatoms. The lowest BCUT2D eigenvalue weighted by atomic mass is 10.2. The fraction of sp³-hybridized carbons (Fsp3) is 0.474. The monoisotopic (exact) mass is 339 g/mol. The van der Waals surface area contributed by atoms with Gasteiger partial charge in [0.2, 0.25) is 0 Å². The summed E-state index contributed by atoms with van der Waals surface area (Å²) in [5.74, 6) is 0.0168. The van der Waals surface area contributed by atoms with Gasteiger partial charge in [-0.3, -0.25) is 14.4 Å². The Bertz CT molecular complexity index is 742. The molecule has 1 amide bonds. The van der Waals surface area contributed by atoms with Crippen molar-refractivity contribution in [2.75, 3.05) is 19.6 Å². The van der Waals surface area contributed by atoms with Gasteiger partial charge in [-0.15, -0.1) is 0 Å². The molecule has 25 heavy (non-hydrogen) atoms. The SMILES string of the molecule is NC1CCN(C(=O)c2cc3n(n2)CCCN(Cc2ccccc2)C3)C1. The number of benzene rings is 1. The first-order chi connectivity index (χ1) is 12.2. The van der Waals surface area contributed by atoms with Gasteiger partial charge in [0.05, 0.1) is 5.69 Å². The van der Waals surface area contributed by atoms with E-state index in [0.717, 1.165) is 51.3 Å². The first-order valence-corrected chi connectivity index (χ1v) is 9.07. The molecule has 0 spiro atoms. The van der Waals surface area contributed by atoms with E-state index in [4.69, 9.17) is 5.73 Å². The van der Waals surface area contributed by atoms with Gasteiger partial charge in [0.15, 0.2) is 5.69 Å². The smallest absolute Gasteiger partial charge is 0.274 e. The third-order valence-electron chi connectivity index (χ3n) is 5.07. The van der Waals surface area contributed by atoms with Crippen molar-refractivity contribution in [1.29, 1.82) is 0 Å². The van der Waals surface area contributed by atoms with E-state index in [1.807, 2.05) is 21.7 Å². The molecule has 1 fully saturated rings. The molecule has 1 aromatic carbocycles. The van der Waals surface area contributed by atoms with E-state index in [1.54, 1.807) is 0 Å². The van der Waals surface area contributed by atoms with Crippen molar-refractivity contribution in [3.8, 4) is 0 Å². The van der Waals surface area contributed by atoms with E-state index in [-0.39, 0.29) is 11.9 Å². The molecule has 6 nitrogen and oxygen atoms in total. The second kappa shape index (κ2) is 6.98. The average Bonchev–Trinajstić information content (AvgIpc) is 3.17. The van der Waals surface area contributed by atoms with E-state index >= 15 is 0 Å². The van der Waals surface area contributed by atoms with Crippen LogP contribution in [-0.2, 0) is 19.6 Å². The quantitative estimate of drug-likeness (QED) is 0.919.